The van der Waals surface area contributed by atoms with E-state index < -0.39 is 12.0 Å². The lowest BCUT2D eigenvalue weighted by Gasteiger charge is -2.32. The van der Waals surface area contributed by atoms with E-state index in [0.717, 1.165) is 25.7 Å². The maximum atomic E-state index is 13.0. The third-order valence-electron chi connectivity index (χ3n) is 5.12. The molecule has 1 amide bonds. The third kappa shape index (κ3) is 2.86. The molecular formula is C17H25N3O3. The number of nitrogens with zero attached hydrogens (tertiary/aromatic N) is 3. The lowest BCUT2D eigenvalue weighted by Crippen LogP contribution is -2.46. The van der Waals surface area contributed by atoms with E-state index in [0.29, 0.717) is 17.9 Å². The second-order valence-corrected chi connectivity index (χ2v) is 7.76. The van der Waals surface area contributed by atoms with Crippen LogP contribution in [0.5, 0.6) is 0 Å². The molecule has 0 radical (unpaired) electrons. The Labute approximate surface area is 136 Å². The van der Waals surface area contributed by atoms with Gasteiger partial charge in [0.05, 0.1) is 17.3 Å². The first-order chi connectivity index (χ1) is 10.8. The topological polar surface area (TPSA) is 75.4 Å². The average molecular weight is 319 g/mol. The van der Waals surface area contributed by atoms with Gasteiger partial charge in [-0.05, 0) is 46.0 Å². The molecule has 3 atom stereocenters. The number of rotatable bonds is 2. The molecule has 0 bridgehead atoms. The van der Waals surface area contributed by atoms with E-state index in [9.17, 15) is 14.7 Å². The van der Waals surface area contributed by atoms with Crippen LogP contribution < -0.4 is 0 Å². The molecule has 1 aliphatic heterocycles. The van der Waals surface area contributed by atoms with Gasteiger partial charge in [-0.25, -0.2) is 4.79 Å². The minimum absolute atomic E-state index is 0.0651. The number of hydrogen-bond acceptors (Lipinski definition) is 3. The Morgan fingerprint density at radius 3 is 2.57 bits per heavy atom. The van der Waals surface area contributed by atoms with E-state index in [1.54, 1.807) is 22.0 Å². The van der Waals surface area contributed by atoms with Crippen LogP contribution in [0, 0.1) is 5.92 Å². The standard InChI is InChI=1S/C17H25N3O3/c1-17(2,3)19-10-12(9-18-19)15(21)20-13-7-5-4-6-11(13)8-14(20)16(22)23/h9-11,13-14H,4-8H2,1-3H3,(H,22,23)/t11-,13-,14-/m0/s1. The van der Waals surface area contributed by atoms with Crippen molar-refractivity contribution in [1.29, 1.82) is 0 Å². The number of carboxylic acids is 1. The molecule has 2 heterocycles. The first-order valence-electron chi connectivity index (χ1n) is 8.39. The predicted octanol–water partition coefficient (Wildman–Crippen LogP) is 2.50. The summed E-state index contributed by atoms with van der Waals surface area (Å²) in [5.74, 6) is -0.760. The molecule has 0 spiro atoms. The molecule has 2 aliphatic rings. The van der Waals surface area contributed by atoms with Gasteiger partial charge in [-0.15, -0.1) is 0 Å². The van der Waals surface area contributed by atoms with Crippen molar-refractivity contribution in [2.24, 2.45) is 5.92 Å². The summed E-state index contributed by atoms with van der Waals surface area (Å²) in [5.41, 5.74) is 0.278. The fraction of sp³-hybridized carbons (Fsp3) is 0.706. The average Bonchev–Trinajstić information content (AvgIpc) is 3.11. The van der Waals surface area contributed by atoms with E-state index in [-0.39, 0.29) is 17.5 Å². The number of aliphatic carboxylic acids is 1. The SMILES string of the molecule is CC(C)(C)n1cc(C(=O)N2[C@H](C(=O)O)C[C@@H]3CCCC[C@@H]32)cn1. The Kier molecular flexibility index (Phi) is 3.94. The first-order valence-corrected chi connectivity index (χ1v) is 8.39. The van der Waals surface area contributed by atoms with Crippen molar-refractivity contribution in [3.63, 3.8) is 0 Å². The molecule has 1 aliphatic carbocycles. The van der Waals surface area contributed by atoms with E-state index in [2.05, 4.69) is 5.10 Å². The van der Waals surface area contributed by atoms with Crippen LogP contribution in [0.4, 0.5) is 0 Å². The summed E-state index contributed by atoms with van der Waals surface area (Å²) < 4.78 is 1.75. The Hall–Kier alpha value is -1.85. The Balaban J connectivity index is 1.89. The number of likely N-dealkylation sites (tertiary alicyclic amines) is 1. The van der Waals surface area contributed by atoms with Crippen molar-refractivity contribution < 1.29 is 14.7 Å². The van der Waals surface area contributed by atoms with Crippen molar-refractivity contribution in [1.82, 2.24) is 14.7 Å². The second-order valence-electron chi connectivity index (χ2n) is 7.76. The molecule has 1 saturated heterocycles. The first kappa shape index (κ1) is 16.0. The van der Waals surface area contributed by atoms with Gasteiger partial charge in [-0.3, -0.25) is 9.48 Å². The van der Waals surface area contributed by atoms with Gasteiger partial charge in [0, 0.05) is 12.2 Å². The summed E-state index contributed by atoms with van der Waals surface area (Å²) >= 11 is 0. The van der Waals surface area contributed by atoms with Crippen LogP contribution in [-0.2, 0) is 10.3 Å². The van der Waals surface area contributed by atoms with Gasteiger partial charge in [0.15, 0.2) is 0 Å². The van der Waals surface area contributed by atoms with Gasteiger partial charge < -0.3 is 10.0 Å². The molecule has 0 aromatic carbocycles. The van der Waals surface area contributed by atoms with Crippen LogP contribution in [0.25, 0.3) is 0 Å². The van der Waals surface area contributed by atoms with Crippen molar-refractivity contribution in [3.8, 4) is 0 Å². The van der Waals surface area contributed by atoms with Gasteiger partial charge in [0.25, 0.3) is 5.91 Å². The van der Waals surface area contributed by atoms with Gasteiger partial charge in [-0.2, -0.15) is 5.10 Å². The Morgan fingerprint density at radius 2 is 1.96 bits per heavy atom. The molecule has 1 aromatic heterocycles. The molecule has 23 heavy (non-hydrogen) atoms. The van der Waals surface area contributed by atoms with Crippen molar-refractivity contribution in [2.75, 3.05) is 0 Å². The van der Waals surface area contributed by atoms with Crippen molar-refractivity contribution in [2.45, 2.75) is 70.5 Å². The molecular weight excluding hydrogens is 294 g/mol. The highest BCUT2D eigenvalue weighted by Gasteiger charge is 2.47. The number of carbonyl (C=O) groups is 2. The fourth-order valence-corrected chi connectivity index (χ4v) is 3.92. The van der Waals surface area contributed by atoms with Crippen LogP contribution in [0.2, 0.25) is 0 Å². The van der Waals surface area contributed by atoms with Crippen LogP contribution in [-0.4, -0.2) is 43.7 Å². The summed E-state index contributed by atoms with van der Waals surface area (Å²) in [6.45, 7) is 6.05. The van der Waals surface area contributed by atoms with Crippen LogP contribution in [0.1, 0.15) is 63.2 Å². The quantitative estimate of drug-likeness (QED) is 0.908. The Bertz CT molecular complexity index is 617. The fourth-order valence-electron chi connectivity index (χ4n) is 3.92. The highest BCUT2D eigenvalue weighted by atomic mass is 16.4. The van der Waals surface area contributed by atoms with Crippen LogP contribution >= 0.6 is 0 Å². The number of carboxylic acid groups (broad SMARTS) is 1. The van der Waals surface area contributed by atoms with Gasteiger partial charge >= 0.3 is 5.97 Å². The van der Waals surface area contributed by atoms with Gasteiger partial charge in [0.1, 0.15) is 6.04 Å². The lowest BCUT2D eigenvalue weighted by molar-refractivity contribution is -0.141. The van der Waals surface area contributed by atoms with Crippen molar-refractivity contribution >= 4 is 11.9 Å². The molecule has 6 nitrogen and oxygen atoms in total. The monoisotopic (exact) mass is 319 g/mol. The molecule has 1 saturated carbocycles. The highest BCUT2D eigenvalue weighted by Crippen LogP contribution is 2.40. The number of aromatic nitrogens is 2. The number of carbonyl (C=O) groups excluding carboxylic acids is 1. The highest BCUT2D eigenvalue weighted by molar-refractivity contribution is 5.97. The van der Waals surface area contributed by atoms with E-state index in [4.69, 9.17) is 0 Å². The zero-order valence-electron chi connectivity index (χ0n) is 14.0. The predicted molar refractivity (Wildman–Crippen MR) is 85.2 cm³/mol. The number of hydrogen-bond donors (Lipinski definition) is 1. The summed E-state index contributed by atoms with van der Waals surface area (Å²) in [7, 11) is 0. The van der Waals surface area contributed by atoms with E-state index in [1.807, 2.05) is 20.8 Å². The normalized spacial score (nSPS) is 27.8. The maximum Gasteiger partial charge on any atom is 0.326 e. The number of amides is 1. The zero-order chi connectivity index (χ0) is 16.8. The minimum atomic E-state index is -0.893. The summed E-state index contributed by atoms with van der Waals surface area (Å²) in [5, 5.41) is 13.8. The third-order valence-corrected chi connectivity index (χ3v) is 5.12. The molecule has 1 aromatic rings. The van der Waals surface area contributed by atoms with Crippen LogP contribution in [0.3, 0.4) is 0 Å². The van der Waals surface area contributed by atoms with E-state index >= 15 is 0 Å². The smallest absolute Gasteiger partial charge is 0.326 e. The van der Waals surface area contributed by atoms with Gasteiger partial charge in [0.2, 0.25) is 0 Å². The molecule has 1 N–H and O–H groups in total. The Morgan fingerprint density at radius 1 is 1.26 bits per heavy atom. The van der Waals surface area contributed by atoms with E-state index in [1.165, 1.54) is 0 Å². The van der Waals surface area contributed by atoms with Gasteiger partial charge in [-0.1, -0.05) is 12.8 Å². The summed E-state index contributed by atoms with van der Waals surface area (Å²) in [6.07, 6.45) is 8.02. The minimum Gasteiger partial charge on any atom is -0.480 e. The molecule has 3 rings (SSSR count). The molecule has 126 valence electrons. The molecule has 6 heteroatoms. The van der Waals surface area contributed by atoms with Crippen molar-refractivity contribution in [3.05, 3.63) is 18.0 Å². The van der Waals surface area contributed by atoms with Crippen LogP contribution in [0.15, 0.2) is 12.4 Å². The summed E-state index contributed by atoms with van der Waals surface area (Å²) in [4.78, 5) is 26.2. The summed E-state index contributed by atoms with van der Waals surface area (Å²) in [6, 6.07) is -0.635. The molecule has 2 fully saturated rings. The number of fused-ring (bicyclic) bond motifs is 1. The largest absolute Gasteiger partial charge is 0.480 e. The molecule has 0 unspecified atom stereocenters. The zero-order valence-corrected chi connectivity index (χ0v) is 14.0. The lowest BCUT2D eigenvalue weighted by atomic mass is 9.84. The second kappa shape index (κ2) is 5.65. The maximum absolute atomic E-state index is 13.0.